The Morgan fingerprint density at radius 3 is 2.47 bits per heavy atom. The van der Waals surface area contributed by atoms with E-state index in [0.29, 0.717) is 12.4 Å². The molecular weight excluding hydrogens is 262 g/mol. The van der Waals surface area contributed by atoms with Crippen LogP contribution in [0.5, 0.6) is 0 Å². The molecule has 0 bridgehead atoms. The standard InChI is InChI=1S/C13H15N3O2S/c1-10-3-2-8-15-13(10)16-19(17,18)12-6-4-11(9-14)5-7-12/h2-8H,9,14H2,1H3,(H,15,16). The highest BCUT2D eigenvalue weighted by molar-refractivity contribution is 7.92. The maximum absolute atomic E-state index is 12.2. The quantitative estimate of drug-likeness (QED) is 0.889. The van der Waals surface area contributed by atoms with E-state index >= 15 is 0 Å². The summed E-state index contributed by atoms with van der Waals surface area (Å²) in [5, 5.41) is 0. The van der Waals surface area contributed by atoms with E-state index in [-0.39, 0.29) is 4.90 Å². The van der Waals surface area contributed by atoms with Crippen molar-refractivity contribution in [3.8, 4) is 0 Å². The molecule has 0 unspecified atom stereocenters. The number of benzene rings is 1. The van der Waals surface area contributed by atoms with Gasteiger partial charge in [0.15, 0.2) is 0 Å². The molecule has 100 valence electrons. The highest BCUT2D eigenvalue weighted by atomic mass is 32.2. The zero-order valence-electron chi connectivity index (χ0n) is 10.5. The second-order valence-corrected chi connectivity index (χ2v) is 5.80. The van der Waals surface area contributed by atoms with Crippen LogP contribution < -0.4 is 10.5 Å². The maximum Gasteiger partial charge on any atom is 0.263 e. The number of hydrogen-bond acceptors (Lipinski definition) is 4. The third kappa shape index (κ3) is 3.10. The number of aryl methyl sites for hydroxylation is 1. The number of hydrogen-bond donors (Lipinski definition) is 2. The van der Waals surface area contributed by atoms with Crippen molar-refractivity contribution in [2.75, 3.05) is 4.72 Å². The van der Waals surface area contributed by atoms with Gasteiger partial charge in [0.1, 0.15) is 5.82 Å². The summed E-state index contributed by atoms with van der Waals surface area (Å²) >= 11 is 0. The van der Waals surface area contributed by atoms with Gasteiger partial charge in [-0.2, -0.15) is 0 Å². The molecule has 0 atom stereocenters. The molecule has 0 amide bonds. The van der Waals surface area contributed by atoms with Crippen molar-refractivity contribution in [3.63, 3.8) is 0 Å². The first-order chi connectivity index (χ1) is 9.03. The number of anilines is 1. The van der Waals surface area contributed by atoms with Crippen LogP contribution in [0.1, 0.15) is 11.1 Å². The molecule has 0 fully saturated rings. The molecule has 1 aromatic heterocycles. The highest BCUT2D eigenvalue weighted by Gasteiger charge is 2.15. The van der Waals surface area contributed by atoms with Gasteiger partial charge in [-0.25, -0.2) is 13.4 Å². The minimum absolute atomic E-state index is 0.190. The lowest BCUT2D eigenvalue weighted by Crippen LogP contribution is -2.14. The van der Waals surface area contributed by atoms with Gasteiger partial charge < -0.3 is 5.73 Å². The summed E-state index contributed by atoms with van der Waals surface area (Å²) in [5.74, 6) is 0.338. The lowest BCUT2D eigenvalue weighted by atomic mass is 10.2. The fraction of sp³-hybridized carbons (Fsp3) is 0.154. The average Bonchev–Trinajstić information content (AvgIpc) is 2.41. The van der Waals surface area contributed by atoms with E-state index in [1.54, 1.807) is 37.4 Å². The van der Waals surface area contributed by atoms with Crippen molar-refractivity contribution < 1.29 is 8.42 Å². The lowest BCUT2D eigenvalue weighted by molar-refractivity contribution is 0.601. The fourth-order valence-corrected chi connectivity index (χ4v) is 2.66. The zero-order chi connectivity index (χ0) is 13.9. The molecule has 1 aromatic carbocycles. The van der Waals surface area contributed by atoms with E-state index in [2.05, 4.69) is 9.71 Å². The topological polar surface area (TPSA) is 85.1 Å². The van der Waals surface area contributed by atoms with Crippen molar-refractivity contribution in [2.45, 2.75) is 18.4 Å². The van der Waals surface area contributed by atoms with Crippen molar-refractivity contribution in [1.82, 2.24) is 4.98 Å². The summed E-state index contributed by atoms with van der Waals surface area (Å²) in [6.07, 6.45) is 1.54. The Morgan fingerprint density at radius 2 is 1.89 bits per heavy atom. The van der Waals surface area contributed by atoms with Crippen LogP contribution in [0, 0.1) is 6.92 Å². The van der Waals surface area contributed by atoms with Crippen LogP contribution in [-0.4, -0.2) is 13.4 Å². The minimum atomic E-state index is -3.61. The summed E-state index contributed by atoms with van der Waals surface area (Å²) in [6, 6.07) is 10.00. The van der Waals surface area contributed by atoms with E-state index in [1.165, 1.54) is 12.1 Å². The molecule has 2 aromatic rings. The highest BCUT2D eigenvalue weighted by Crippen LogP contribution is 2.17. The summed E-state index contributed by atoms with van der Waals surface area (Å²) in [5.41, 5.74) is 7.13. The minimum Gasteiger partial charge on any atom is -0.326 e. The van der Waals surface area contributed by atoms with Crippen molar-refractivity contribution in [3.05, 3.63) is 53.7 Å². The number of aromatic nitrogens is 1. The molecule has 6 heteroatoms. The lowest BCUT2D eigenvalue weighted by Gasteiger charge is -2.09. The second-order valence-electron chi connectivity index (χ2n) is 4.12. The largest absolute Gasteiger partial charge is 0.326 e. The number of nitrogens with zero attached hydrogens (tertiary/aromatic N) is 1. The van der Waals surface area contributed by atoms with Crippen molar-refractivity contribution in [2.24, 2.45) is 5.73 Å². The number of nitrogens with two attached hydrogens (primary N) is 1. The van der Waals surface area contributed by atoms with Gasteiger partial charge in [0.25, 0.3) is 10.0 Å². The molecule has 5 nitrogen and oxygen atoms in total. The molecule has 0 spiro atoms. The predicted molar refractivity (Wildman–Crippen MR) is 74.1 cm³/mol. The van der Waals surface area contributed by atoms with Crippen LogP contribution in [0.4, 0.5) is 5.82 Å². The number of rotatable bonds is 4. The summed E-state index contributed by atoms with van der Waals surface area (Å²) < 4.78 is 26.8. The van der Waals surface area contributed by atoms with Crippen molar-refractivity contribution in [1.29, 1.82) is 0 Å². The Hall–Kier alpha value is -1.92. The molecule has 0 saturated heterocycles. The van der Waals surface area contributed by atoms with Crippen LogP contribution in [0.2, 0.25) is 0 Å². The van der Waals surface area contributed by atoms with Gasteiger partial charge >= 0.3 is 0 Å². The SMILES string of the molecule is Cc1cccnc1NS(=O)(=O)c1ccc(CN)cc1. The number of pyridine rings is 1. The van der Waals surface area contributed by atoms with Gasteiger partial charge in [0, 0.05) is 12.7 Å². The zero-order valence-corrected chi connectivity index (χ0v) is 11.3. The predicted octanol–water partition coefficient (Wildman–Crippen LogP) is 1.65. The van der Waals surface area contributed by atoms with E-state index in [4.69, 9.17) is 5.73 Å². The smallest absolute Gasteiger partial charge is 0.263 e. The van der Waals surface area contributed by atoms with Gasteiger partial charge in [0.05, 0.1) is 4.90 Å². The number of sulfonamides is 1. The third-order valence-corrected chi connectivity index (χ3v) is 4.06. The monoisotopic (exact) mass is 277 g/mol. The van der Waals surface area contributed by atoms with E-state index in [0.717, 1.165) is 11.1 Å². The summed E-state index contributed by atoms with van der Waals surface area (Å²) in [7, 11) is -3.61. The Kier molecular flexibility index (Phi) is 3.82. The van der Waals surface area contributed by atoms with Gasteiger partial charge in [0.2, 0.25) is 0 Å². The maximum atomic E-state index is 12.2. The Balaban J connectivity index is 2.30. The first kappa shape index (κ1) is 13.5. The molecule has 1 heterocycles. The molecule has 0 aliphatic rings. The van der Waals surface area contributed by atoms with Gasteiger partial charge in [-0.05, 0) is 36.2 Å². The van der Waals surface area contributed by atoms with E-state index in [9.17, 15) is 8.42 Å². The number of nitrogens with one attached hydrogen (secondary N) is 1. The van der Waals surface area contributed by atoms with Gasteiger partial charge in [-0.15, -0.1) is 0 Å². The summed E-state index contributed by atoms with van der Waals surface area (Å²) in [6.45, 7) is 2.18. The first-order valence-corrected chi connectivity index (χ1v) is 7.25. The van der Waals surface area contributed by atoms with Gasteiger partial charge in [-0.1, -0.05) is 18.2 Å². The fourth-order valence-electron chi connectivity index (χ4n) is 1.58. The second kappa shape index (κ2) is 5.38. The molecule has 0 radical (unpaired) electrons. The Labute approximate surface area is 112 Å². The molecule has 19 heavy (non-hydrogen) atoms. The van der Waals surface area contributed by atoms with Crippen LogP contribution in [0.15, 0.2) is 47.5 Å². The van der Waals surface area contributed by atoms with E-state index in [1.807, 2.05) is 0 Å². The molecular formula is C13H15N3O2S. The van der Waals surface area contributed by atoms with Crippen molar-refractivity contribution >= 4 is 15.8 Å². The molecule has 3 N–H and O–H groups in total. The van der Waals surface area contributed by atoms with Crippen LogP contribution in [0.25, 0.3) is 0 Å². The Bertz CT molecular complexity index is 667. The molecule has 0 aliphatic heterocycles. The first-order valence-electron chi connectivity index (χ1n) is 5.76. The van der Waals surface area contributed by atoms with Crippen LogP contribution in [-0.2, 0) is 16.6 Å². The summed E-state index contributed by atoms with van der Waals surface area (Å²) in [4.78, 5) is 4.20. The molecule has 0 saturated carbocycles. The van der Waals surface area contributed by atoms with Gasteiger partial charge in [-0.3, -0.25) is 4.72 Å². The third-order valence-electron chi connectivity index (χ3n) is 2.71. The average molecular weight is 277 g/mol. The molecule has 0 aliphatic carbocycles. The van der Waals surface area contributed by atoms with Crippen LogP contribution in [0.3, 0.4) is 0 Å². The Morgan fingerprint density at radius 1 is 1.21 bits per heavy atom. The molecule has 2 rings (SSSR count). The van der Waals surface area contributed by atoms with E-state index < -0.39 is 10.0 Å². The van der Waals surface area contributed by atoms with Crippen LogP contribution >= 0.6 is 0 Å². The normalized spacial score (nSPS) is 11.3.